The number of rotatable bonds is 5. The van der Waals surface area contributed by atoms with E-state index in [1.807, 2.05) is 25.1 Å². The number of ether oxygens (including phenoxy) is 2. The van der Waals surface area contributed by atoms with Crippen molar-refractivity contribution >= 4 is 32.6 Å². The first-order chi connectivity index (χ1) is 13.1. The highest BCUT2D eigenvalue weighted by atomic mass is 32.1. The Balaban J connectivity index is 1.93. The summed E-state index contributed by atoms with van der Waals surface area (Å²) in [6, 6.07) is 7.84. The minimum atomic E-state index is -0.0916. The molecule has 27 heavy (non-hydrogen) atoms. The molecule has 4 rings (SSSR count). The van der Waals surface area contributed by atoms with Crippen molar-refractivity contribution < 1.29 is 14.6 Å². The van der Waals surface area contributed by atoms with E-state index in [2.05, 4.69) is 16.0 Å². The number of aryl methyl sites for hydroxylation is 1. The normalized spacial score (nSPS) is 11.4. The Bertz CT molecular complexity index is 1140. The van der Waals surface area contributed by atoms with Crippen LogP contribution in [0, 0.1) is 6.92 Å². The van der Waals surface area contributed by atoms with Crippen molar-refractivity contribution in [2.24, 2.45) is 0 Å². The first kappa shape index (κ1) is 17.8. The van der Waals surface area contributed by atoms with Crippen LogP contribution in [0.1, 0.15) is 16.8 Å². The molecule has 0 amide bonds. The molecule has 0 aliphatic rings. The van der Waals surface area contributed by atoms with Crippen LogP contribution < -0.4 is 4.74 Å². The second-order valence-electron chi connectivity index (χ2n) is 6.28. The van der Waals surface area contributed by atoms with Crippen molar-refractivity contribution in [1.29, 1.82) is 0 Å². The summed E-state index contributed by atoms with van der Waals surface area (Å²) in [6.45, 7) is 2.36. The van der Waals surface area contributed by atoms with Gasteiger partial charge in [0, 0.05) is 18.2 Å². The van der Waals surface area contributed by atoms with Gasteiger partial charge in [-0.15, -0.1) is 11.3 Å². The van der Waals surface area contributed by atoms with Gasteiger partial charge in [0.05, 0.1) is 53.5 Å². The third-order valence-corrected chi connectivity index (χ3v) is 5.35. The summed E-state index contributed by atoms with van der Waals surface area (Å²) in [5, 5.41) is 10.6. The zero-order chi connectivity index (χ0) is 19.0. The SMILES string of the molecule is COCc1cnc2c(-c3nc4c(CO)cc(OC)cc4s3)cc(C)cc2n1. The number of hydrogen-bond donors (Lipinski definition) is 1. The summed E-state index contributed by atoms with van der Waals surface area (Å²) < 4.78 is 11.5. The smallest absolute Gasteiger partial charge is 0.126 e. The van der Waals surface area contributed by atoms with Crippen molar-refractivity contribution in [1.82, 2.24) is 15.0 Å². The Kier molecular flexibility index (Phi) is 4.73. The Morgan fingerprint density at radius 1 is 1.07 bits per heavy atom. The molecule has 2 heterocycles. The molecule has 0 aliphatic heterocycles. The lowest BCUT2D eigenvalue weighted by Gasteiger charge is -2.06. The molecular formula is C20H19N3O3S. The van der Waals surface area contributed by atoms with Crippen LogP contribution in [0.2, 0.25) is 0 Å². The fourth-order valence-corrected chi connectivity index (χ4v) is 4.17. The van der Waals surface area contributed by atoms with Gasteiger partial charge in [0.1, 0.15) is 10.8 Å². The average molecular weight is 381 g/mol. The van der Waals surface area contributed by atoms with Crippen molar-refractivity contribution in [3.63, 3.8) is 0 Å². The molecular weight excluding hydrogens is 362 g/mol. The Hall–Kier alpha value is -2.61. The lowest BCUT2D eigenvalue weighted by Crippen LogP contribution is -1.96. The minimum absolute atomic E-state index is 0.0916. The maximum Gasteiger partial charge on any atom is 0.126 e. The summed E-state index contributed by atoms with van der Waals surface area (Å²) in [5.74, 6) is 0.708. The highest BCUT2D eigenvalue weighted by Gasteiger charge is 2.15. The fraction of sp³-hybridized carbons (Fsp3) is 0.250. The average Bonchev–Trinajstić information content (AvgIpc) is 3.10. The molecule has 0 saturated heterocycles. The molecule has 0 radical (unpaired) electrons. The lowest BCUT2D eigenvalue weighted by molar-refractivity contribution is 0.181. The van der Waals surface area contributed by atoms with E-state index < -0.39 is 0 Å². The largest absolute Gasteiger partial charge is 0.497 e. The molecule has 0 atom stereocenters. The van der Waals surface area contributed by atoms with Crippen LogP contribution in [0.3, 0.4) is 0 Å². The monoisotopic (exact) mass is 381 g/mol. The van der Waals surface area contributed by atoms with Crippen LogP contribution in [-0.2, 0) is 18.0 Å². The van der Waals surface area contributed by atoms with Gasteiger partial charge in [-0.2, -0.15) is 0 Å². The first-order valence-corrected chi connectivity index (χ1v) is 9.28. The Morgan fingerprint density at radius 3 is 2.67 bits per heavy atom. The molecule has 0 spiro atoms. The molecule has 2 aromatic carbocycles. The van der Waals surface area contributed by atoms with Gasteiger partial charge in [-0.3, -0.25) is 4.98 Å². The van der Waals surface area contributed by atoms with Crippen LogP contribution in [0.25, 0.3) is 31.8 Å². The molecule has 7 heteroatoms. The van der Waals surface area contributed by atoms with Crippen molar-refractivity contribution in [3.05, 3.63) is 47.3 Å². The van der Waals surface area contributed by atoms with Gasteiger partial charge < -0.3 is 14.6 Å². The van der Waals surface area contributed by atoms with Crippen LogP contribution >= 0.6 is 11.3 Å². The van der Waals surface area contributed by atoms with Crippen LogP contribution in [-0.4, -0.2) is 34.3 Å². The summed E-state index contributed by atoms with van der Waals surface area (Å²) in [6.07, 6.45) is 1.74. The van der Waals surface area contributed by atoms with Gasteiger partial charge in [-0.25, -0.2) is 9.97 Å². The maximum atomic E-state index is 9.71. The summed E-state index contributed by atoms with van der Waals surface area (Å²) in [4.78, 5) is 14.1. The number of hydrogen-bond acceptors (Lipinski definition) is 7. The van der Waals surface area contributed by atoms with Gasteiger partial charge in [0.25, 0.3) is 0 Å². The number of aromatic nitrogens is 3. The van der Waals surface area contributed by atoms with Crippen LogP contribution in [0.4, 0.5) is 0 Å². The number of fused-ring (bicyclic) bond motifs is 2. The van der Waals surface area contributed by atoms with Crippen molar-refractivity contribution in [2.45, 2.75) is 20.1 Å². The summed E-state index contributed by atoms with van der Waals surface area (Å²) >= 11 is 1.55. The topological polar surface area (TPSA) is 77.4 Å². The third kappa shape index (κ3) is 3.25. The van der Waals surface area contributed by atoms with Crippen LogP contribution in [0.5, 0.6) is 5.75 Å². The second-order valence-corrected chi connectivity index (χ2v) is 7.32. The fourth-order valence-electron chi connectivity index (χ4n) is 3.11. The predicted octanol–water partition coefficient (Wildman–Crippen LogP) is 3.86. The number of nitrogens with zero attached hydrogens (tertiary/aromatic N) is 3. The lowest BCUT2D eigenvalue weighted by atomic mass is 10.1. The second kappa shape index (κ2) is 7.19. The number of aliphatic hydroxyl groups is 1. The van der Waals surface area contributed by atoms with E-state index >= 15 is 0 Å². The van der Waals surface area contributed by atoms with Crippen molar-refractivity contribution in [2.75, 3.05) is 14.2 Å². The standard InChI is InChI=1S/C20H19N3O3S/c1-11-4-15(19-16(5-11)22-13(8-21-19)10-25-2)20-23-18-12(9-24)6-14(26-3)7-17(18)27-20/h4-8,24H,9-10H2,1-3H3. The molecule has 138 valence electrons. The molecule has 0 bridgehead atoms. The highest BCUT2D eigenvalue weighted by Crippen LogP contribution is 2.37. The molecule has 0 saturated carbocycles. The van der Waals surface area contributed by atoms with E-state index in [0.29, 0.717) is 12.4 Å². The highest BCUT2D eigenvalue weighted by molar-refractivity contribution is 7.21. The number of methoxy groups -OCH3 is 2. The number of aliphatic hydroxyl groups excluding tert-OH is 1. The van der Waals surface area contributed by atoms with Crippen LogP contribution in [0.15, 0.2) is 30.5 Å². The third-order valence-electron chi connectivity index (χ3n) is 4.32. The zero-order valence-corrected chi connectivity index (χ0v) is 16.1. The molecule has 6 nitrogen and oxygen atoms in total. The van der Waals surface area contributed by atoms with Gasteiger partial charge in [0.2, 0.25) is 0 Å². The quantitative estimate of drug-likeness (QED) is 0.566. The van der Waals surface area contributed by atoms with Gasteiger partial charge in [0.15, 0.2) is 0 Å². The minimum Gasteiger partial charge on any atom is -0.497 e. The van der Waals surface area contributed by atoms with Gasteiger partial charge >= 0.3 is 0 Å². The molecule has 2 aromatic heterocycles. The molecule has 4 aromatic rings. The van der Waals surface area contributed by atoms with E-state index in [-0.39, 0.29) is 6.61 Å². The van der Waals surface area contributed by atoms with E-state index in [4.69, 9.17) is 14.5 Å². The molecule has 1 N–H and O–H groups in total. The van der Waals surface area contributed by atoms with Gasteiger partial charge in [-0.1, -0.05) is 0 Å². The molecule has 0 fully saturated rings. The molecule has 0 aliphatic carbocycles. The summed E-state index contributed by atoms with van der Waals surface area (Å²) in [7, 11) is 3.26. The van der Waals surface area contributed by atoms with Crippen molar-refractivity contribution in [3.8, 4) is 16.3 Å². The zero-order valence-electron chi connectivity index (χ0n) is 15.3. The number of benzene rings is 2. The van der Waals surface area contributed by atoms with Gasteiger partial charge in [-0.05, 0) is 36.8 Å². The number of thiazole rings is 1. The van der Waals surface area contributed by atoms with E-state index in [1.54, 1.807) is 31.8 Å². The summed E-state index contributed by atoms with van der Waals surface area (Å²) in [5.41, 5.74) is 5.97. The first-order valence-electron chi connectivity index (χ1n) is 8.47. The van der Waals surface area contributed by atoms with E-state index in [0.717, 1.165) is 48.6 Å². The Morgan fingerprint density at radius 2 is 1.93 bits per heavy atom. The van der Waals surface area contributed by atoms with E-state index in [9.17, 15) is 5.11 Å². The van der Waals surface area contributed by atoms with E-state index in [1.165, 1.54) is 0 Å². The predicted molar refractivity (Wildman–Crippen MR) is 106 cm³/mol. The molecule has 0 unspecified atom stereocenters. The Labute approximate surface area is 160 Å². The maximum absolute atomic E-state index is 9.71.